The number of fused-ring (bicyclic) bond motifs is 1. The fourth-order valence-electron chi connectivity index (χ4n) is 2.98. The molecular weight excluding hydrogens is 140 g/mol. The molecule has 2 N–H and O–H groups in total. The molecule has 2 heteroatoms. The molecule has 3 fully saturated rings. The second-order valence-electron chi connectivity index (χ2n) is 4.23. The summed E-state index contributed by atoms with van der Waals surface area (Å²) >= 11 is 0. The van der Waals surface area contributed by atoms with Gasteiger partial charge in [0.2, 0.25) is 0 Å². The van der Waals surface area contributed by atoms with E-state index in [-0.39, 0.29) is 5.92 Å². The summed E-state index contributed by atoms with van der Waals surface area (Å²) in [5.41, 5.74) is 1.33. The van der Waals surface area contributed by atoms with Crippen molar-refractivity contribution in [2.75, 3.05) is 0 Å². The average Bonchev–Trinajstić information content (AvgIpc) is 1.98. The molecule has 60 valence electrons. The predicted molar refractivity (Wildman–Crippen MR) is 39.6 cm³/mol. The van der Waals surface area contributed by atoms with E-state index >= 15 is 0 Å². The quantitative estimate of drug-likeness (QED) is 0.395. The molecule has 2 unspecified atom stereocenters. The first kappa shape index (κ1) is 6.21. The first-order chi connectivity index (χ1) is 5.17. The van der Waals surface area contributed by atoms with E-state index in [4.69, 9.17) is 0 Å². The van der Waals surface area contributed by atoms with Gasteiger partial charge in [0.25, 0.3) is 0 Å². The third-order valence-corrected chi connectivity index (χ3v) is 3.63. The molecule has 0 aromatic heterocycles. The zero-order valence-electron chi connectivity index (χ0n) is 6.33. The summed E-state index contributed by atoms with van der Waals surface area (Å²) in [5.74, 6) is 0.101. The van der Waals surface area contributed by atoms with Crippen LogP contribution in [0.5, 0.6) is 0 Å². The van der Waals surface area contributed by atoms with Gasteiger partial charge >= 0.3 is 0 Å². The van der Waals surface area contributed by atoms with Gasteiger partial charge in [0.15, 0.2) is 5.79 Å². The van der Waals surface area contributed by atoms with E-state index < -0.39 is 5.79 Å². The Labute approximate surface area is 65.5 Å². The lowest BCUT2D eigenvalue weighted by Crippen LogP contribution is -2.52. The van der Waals surface area contributed by atoms with E-state index in [1.54, 1.807) is 6.08 Å². The van der Waals surface area contributed by atoms with Crippen LogP contribution in [0.25, 0.3) is 0 Å². The minimum Gasteiger partial charge on any atom is -0.362 e. The van der Waals surface area contributed by atoms with Gasteiger partial charge in [0.05, 0.1) is 0 Å². The third-order valence-electron chi connectivity index (χ3n) is 3.63. The first-order valence-electron chi connectivity index (χ1n) is 4.34. The summed E-state index contributed by atoms with van der Waals surface area (Å²) in [5, 5.41) is 19.0. The van der Waals surface area contributed by atoms with Gasteiger partial charge in [-0.15, -0.1) is 0 Å². The summed E-state index contributed by atoms with van der Waals surface area (Å²) in [7, 11) is 0. The van der Waals surface area contributed by atoms with Crippen molar-refractivity contribution in [3.8, 4) is 0 Å². The van der Waals surface area contributed by atoms with Crippen LogP contribution in [0.1, 0.15) is 19.3 Å². The van der Waals surface area contributed by atoms with Crippen LogP contribution >= 0.6 is 0 Å². The van der Waals surface area contributed by atoms with Crippen molar-refractivity contribution >= 4 is 0 Å². The van der Waals surface area contributed by atoms with Crippen LogP contribution < -0.4 is 0 Å². The molecule has 0 amide bonds. The average molecular weight is 152 g/mol. The lowest BCUT2D eigenvalue weighted by atomic mass is 9.52. The Morgan fingerprint density at radius 1 is 1.18 bits per heavy atom. The molecule has 0 aromatic rings. The fraction of sp³-hybridized carbons (Fsp3) is 0.778. The fourth-order valence-corrected chi connectivity index (χ4v) is 2.98. The molecule has 0 heterocycles. The molecule has 0 aliphatic heterocycles. The zero-order chi connectivity index (χ0) is 7.64. The third kappa shape index (κ3) is 0.603. The van der Waals surface area contributed by atoms with Crippen LogP contribution in [0.15, 0.2) is 11.6 Å². The Hall–Kier alpha value is -0.340. The lowest BCUT2D eigenvalue weighted by molar-refractivity contribution is -0.194. The van der Waals surface area contributed by atoms with Gasteiger partial charge < -0.3 is 10.2 Å². The van der Waals surface area contributed by atoms with Gasteiger partial charge in [0.1, 0.15) is 0 Å². The highest BCUT2D eigenvalue weighted by Crippen LogP contribution is 2.58. The van der Waals surface area contributed by atoms with Gasteiger partial charge in [-0.2, -0.15) is 0 Å². The Kier molecular flexibility index (Phi) is 0.871. The lowest BCUT2D eigenvalue weighted by Gasteiger charge is -2.55. The second-order valence-corrected chi connectivity index (χ2v) is 4.23. The van der Waals surface area contributed by atoms with Crippen molar-refractivity contribution in [2.45, 2.75) is 25.0 Å². The molecule has 0 aromatic carbocycles. The molecule has 3 saturated carbocycles. The molecule has 3 atom stereocenters. The van der Waals surface area contributed by atoms with Crippen LogP contribution in [0.4, 0.5) is 0 Å². The van der Waals surface area contributed by atoms with Gasteiger partial charge in [-0.1, -0.05) is 5.57 Å². The predicted octanol–water partition coefficient (Wildman–Crippen LogP) is 0.653. The van der Waals surface area contributed by atoms with Crippen molar-refractivity contribution in [3.05, 3.63) is 11.6 Å². The first-order valence-corrected chi connectivity index (χ1v) is 4.34. The Morgan fingerprint density at radius 3 is 2.18 bits per heavy atom. The van der Waals surface area contributed by atoms with E-state index in [2.05, 4.69) is 0 Å². The van der Waals surface area contributed by atoms with E-state index in [1.165, 1.54) is 12.0 Å². The van der Waals surface area contributed by atoms with E-state index in [0.29, 0.717) is 11.8 Å². The molecule has 5 aliphatic carbocycles. The summed E-state index contributed by atoms with van der Waals surface area (Å²) in [4.78, 5) is 0. The van der Waals surface area contributed by atoms with Crippen LogP contribution in [0, 0.1) is 17.8 Å². The largest absolute Gasteiger partial charge is 0.362 e. The zero-order valence-corrected chi connectivity index (χ0v) is 6.33. The number of hydrogen-bond donors (Lipinski definition) is 2. The maximum Gasteiger partial charge on any atom is 0.185 e. The Balaban J connectivity index is 2.09. The van der Waals surface area contributed by atoms with Crippen molar-refractivity contribution < 1.29 is 10.2 Å². The van der Waals surface area contributed by atoms with Crippen LogP contribution in [0.3, 0.4) is 0 Å². The normalized spacial score (nSPS) is 50.0. The van der Waals surface area contributed by atoms with E-state index in [9.17, 15) is 10.2 Å². The second kappa shape index (κ2) is 1.54. The standard InChI is InChI=1S/C9H12O2/c10-9(11)4-8-5-1-6(8)3-7(9)2-5/h4-7,10-11H,1-3H2/t5-,6?,7?/m0/s1. The van der Waals surface area contributed by atoms with Crippen LogP contribution in [-0.4, -0.2) is 16.0 Å². The highest BCUT2D eigenvalue weighted by molar-refractivity contribution is 5.31. The molecule has 5 aliphatic rings. The SMILES string of the molecule is OC1(O)C=C2C3CC1C[C@@H]2C3. The van der Waals surface area contributed by atoms with Crippen molar-refractivity contribution in [1.82, 2.24) is 0 Å². The smallest absolute Gasteiger partial charge is 0.185 e. The highest BCUT2D eigenvalue weighted by atomic mass is 16.5. The molecule has 2 nitrogen and oxygen atoms in total. The number of hydrogen-bond acceptors (Lipinski definition) is 2. The van der Waals surface area contributed by atoms with Crippen LogP contribution in [0.2, 0.25) is 0 Å². The molecule has 0 saturated heterocycles. The molecule has 4 bridgehead atoms. The molecule has 5 rings (SSSR count). The Morgan fingerprint density at radius 2 is 1.82 bits per heavy atom. The number of rotatable bonds is 0. The van der Waals surface area contributed by atoms with Crippen molar-refractivity contribution in [3.63, 3.8) is 0 Å². The summed E-state index contributed by atoms with van der Waals surface area (Å²) in [6.45, 7) is 0. The molecule has 0 spiro atoms. The van der Waals surface area contributed by atoms with Crippen LogP contribution in [-0.2, 0) is 0 Å². The summed E-state index contributed by atoms with van der Waals surface area (Å²) < 4.78 is 0. The summed E-state index contributed by atoms with van der Waals surface area (Å²) in [6, 6.07) is 0. The maximum atomic E-state index is 9.48. The Bertz CT molecular complexity index is 228. The number of aliphatic hydroxyl groups is 2. The van der Waals surface area contributed by atoms with E-state index in [0.717, 1.165) is 12.8 Å². The van der Waals surface area contributed by atoms with Crippen molar-refractivity contribution in [1.29, 1.82) is 0 Å². The highest BCUT2D eigenvalue weighted by Gasteiger charge is 2.53. The van der Waals surface area contributed by atoms with Crippen molar-refractivity contribution in [2.24, 2.45) is 17.8 Å². The minimum atomic E-state index is -1.46. The van der Waals surface area contributed by atoms with E-state index in [1.807, 2.05) is 0 Å². The van der Waals surface area contributed by atoms with Gasteiger partial charge in [-0.05, 0) is 37.2 Å². The number of allylic oxidation sites excluding steroid dienone is 1. The summed E-state index contributed by atoms with van der Waals surface area (Å²) in [6.07, 6.45) is 5.02. The van der Waals surface area contributed by atoms with Gasteiger partial charge in [-0.3, -0.25) is 0 Å². The molecule has 11 heavy (non-hydrogen) atoms. The monoisotopic (exact) mass is 152 g/mol. The maximum absolute atomic E-state index is 9.48. The minimum absolute atomic E-state index is 0.128. The topological polar surface area (TPSA) is 40.5 Å². The molecule has 0 radical (unpaired) electrons. The van der Waals surface area contributed by atoms with Gasteiger partial charge in [0, 0.05) is 5.92 Å². The molecular formula is C9H12O2. The van der Waals surface area contributed by atoms with Gasteiger partial charge in [-0.25, -0.2) is 0 Å².